The Morgan fingerprint density at radius 1 is 1.31 bits per heavy atom. The van der Waals surface area contributed by atoms with Crippen molar-refractivity contribution in [3.05, 3.63) is 0 Å². The third-order valence-corrected chi connectivity index (χ3v) is 3.41. The van der Waals surface area contributed by atoms with Crippen LogP contribution in [0.5, 0.6) is 0 Å². The van der Waals surface area contributed by atoms with E-state index in [-0.39, 0.29) is 23.9 Å². The summed E-state index contributed by atoms with van der Waals surface area (Å²) in [6, 6.07) is -0.170. The van der Waals surface area contributed by atoms with E-state index in [2.05, 4.69) is 5.32 Å². The van der Waals surface area contributed by atoms with Crippen molar-refractivity contribution in [1.82, 2.24) is 10.2 Å². The zero-order valence-electron chi connectivity index (χ0n) is 10.0. The fraction of sp³-hybridized carbons (Fsp3) is 0.833. The maximum atomic E-state index is 12.2. The van der Waals surface area contributed by atoms with Gasteiger partial charge < -0.3 is 10.2 Å². The van der Waals surface area contributed by atoms with Gasteiger partial charge in [-0.25, -0.2) is 0 Å². The molecule has 4 heteroatoms. The van der Waals surface area contributed by atoms with Gasteiger partial charge in [-0.15, -0.1) is 0 Å². The first-order valence-electron chi connectivity index (χ1n) is 6.31. The monoisotopic (exact) mass is 224 g/mol. The second kappa shape index (κ2) is 4.44. The molecule has 90 valence electrons. The predicted molar refractivity (Wildman–Crippen MR) is 60.8 cm³/mol. The Morgan fingerprint density at radius 2 is 2.00 bits per heavy atom. The van der Waals surface area contributed by atoms with Crippen molar-refractivity contribution in [2.24, 2.45) is 0 Å². The van der Waals surface area contributed by atoms with Crippen molar-refractivity contribution in [3.8, 4) is 0 Å². The van der Waals surface area contributed by atoms with E-state index in [1.165, 1.54) is 0 Å². The van der Waals surface area contributed by atoms with Gasteiger partial charge in [-0.1, -0.05) is 20.3 Å². The van der Waals surface area contributed by atoms with Crippen molar-refractivity contribution in [2.75, 3.05) is 0 Å². The molecule has 2 amide bonds. The van der Waals surface area contributed by atoms with Crippen LogP contribution < -0.4 is 5.32 Å². The van der Waals surface area contributed by atoms with Crippen LogP contribution in [0.25, 0.3) is 0 Å². The van der Waals surface area contributed by atoms with Crippen LogP contribution in [-0.4, -0.2) is 34.8 Å². The smallest absolute Gasteiger partial charge is 0.246 e. The van der Waals surface area contributed by atoms with E-state index in [9.17, 15) is 9.59 Å². The predicted octanol–water partition coefficient (Wildman–Crippen LogP) is 1.05. The van der Waals surface area contributed by atoms with Crippen LogP contribution in [0, 0.1) is 0 Å². The van der Waals surface area contributed by atoms with E-state index < -0.39 is 0 Å². The van der Waals surface area contributed by atoms with Gasteiger partial charge >= 0.3 is 0 Å². The van der Waals surface area contributed by atoms with E-state index in [0.29, 0.717) is 12.5 Å². The maximum Gasteiger partial charge on any atom is 0.246 e. The minimum absolute atomic E-state index is 0.0347. The number of nitrogens with zero attached hydrogens (tertiary/aromatic N) is 1. The van der Waals surface area contributed by atoms with Gasteiger partial charge in [-0.2, -0.15) is 0 Å². The standard InChI is InChI=1S/C12H20N2O2/c1-3-5-9-12(16)14(8-6-7-8)10(4-2)11(15)13-9/h8-10H,3-7H2,1-2H3,(H,13,15). The quantitative estimate of drug-likeness (QED) is 0.776. The van der Waals surface area contributed by atoms with Crippen molar-refractivity contribution in [1.29, 1.82) is 0 Å². The number of piperazine rings is 1. The summed E-state index contributed by atoms with van der Waals surface area (Å²) in [5.74, 6) is 0.170. The number of nitrogens with one attached hydrogen (secondary N) is 1. The zero-order chi connectivity index (χ0) is 11.7. The fourth-order valence-electron chi connectivity index (χ4n) is 2.44. The van der Waals surface area contributed by atoms with E-state index in [1.807, 2.05) is 18.7 Å². The molecule has 16 heavy (non-hydrogen) atoms. The van der Waals surface area contributed by atoms with Crippen LogP contribution in [0.1, 0.15) is 46.0 Å². The van der Waals surface area contributed by atoms with E-state index in [0.717, 1.165) is 25.7 Å². The number of hydrogen-bond donors (Lipinski definition) is 1. The van der Waals surface area contributed by atoms with Crippen LogP contribution in [0.2, 0.25) is 0 Å². The largest absolute Gasteiger partial charge is 0.343 e. The number of carbonyl (C=O) groups excluding carboxylic acids is 2. The molecule has 0 aromatic rings. The molecular formula is C12H20N2O2. The Bertz CT molecular complexity index is 299. The SMILES string of the molecule is CCCC1NC(=O)C(CC)N(C2CC2)C1=O. The van der Waals surface area contributed by atoms with Crippen molar-refractivity contribution in [2.45, 2.75) is 64.1 Å². The third kappa shape index (κ3) is 1.93. The molecule has 2 aliphatic rings. The summed E-state index contributed by atoms with van der Waals surface area (Å²) in [7, 11) is 0. The number of hydrogen-bond acceptors (Lipinski definition) is 2. The summed E-state index contributed by atoms with van der Waals surface area (Å²) in [5, 5.41) is 2.85. The fourth-order valence-corrected chi connectivity index (χ4v) is 2.44. The molecule has 1 N–H and O–H groups in total. The molecule has 0 aromatic heterocycles. The summed E-state index contributed by atoms with van der Waals surface area (Å²) in [6.07, 6.45) is 4.52. The number of amides is 2. The highest BCUT2D eigenvalue weighted by Gasteiger charge is 2.45. The third-order valence-electron chi connectivity index (χ3n) is 3.41. The molecular weight excluding hydrogens is 204 g/mol. The van der Waals surface area contributed by atoms with Crippen LogP contribution >= 0.6 is 0 Å². The van der Waals surface area contributed by atoms with Gasteiger partial charge in [0.05, 0.1) is 0 Å². The van der Waals surface area contributed by atoms with Gasteiger partial charge in [-0.05, 0) is 25.7 Å². The molecule has 0 spiro atoms. The van der Waals surface area contributed by atoms with Crippen LogP contribution in [0.4, 0.5) is 0 Å². The first-order chi connectivity index (χ1) is 7.69. The zero-order valence-corrected chi connectivity index (χ0v) is 10.0. The lowest BCUT2D eigenvalue weighted by Gasteiger charge is -2.38. The summed E-state index contributed by atoms with van der Waals surface area (Å²) in [4.78, 5) is 26.0. The normalized spacial score (nSPS) is 30.5. The highest BCUT2D eigenvalue weighted by Crippen LogP contribution is 2.32. The second-order valence-electron chi connectivity index (χ2n) is 4.75. The molecule has 1 heterocycles. The van der Waals surface area contributed by atoms with Gasteiger partial charge in [-0.3, -0.25) is 9.59 Å². The molecule has 2 atom stereocenters. The van der Waals surface area contributed by atoms with E-state index >= 15 is 0 Å². The molecule has 2 rings (SSSR count). The summed E-state index contributed by atoms with van der Waals surface area (Å²) in [6.45, 7) is 4.00. The summed E-state index contributed by atoms with van der Waals surface area (Å²) < 4.78 is 0. The Labute approximate surface area is 96.4 Å². The molecule has 0 radical (unpaired) electrons. The van der Waals surface area contributed by atoms with Gasteiger partial charge in [0.15, 0.2) is 0 Å². The minimum atomic E-state index is -0.277. The molecule has 1 saturated heterocycles. The molecule has 0 bridgehead atoms. The Kier molecular flexibility index (Phi) is 3.17. The van der Waals surface area contributed by atoms with Gasteiger partial charge in [0, 0.05) is 6.04 Å². The van der Waals surface area contributed by atoms with Crippen LogP contribution in [-0.2, 0) is 9.59 Å². The van der Waals surface area contributed by atoms with E-state index in [1.54, 1.807) is 0 Å². The van der Waals surface area contributed by atoms with Crippen molar-refractivity contribution < 1.29 is 9.59 Å². The van der Waals surface area contributed by atoms with Crippen molar-refractivity contribution in [3.63, 3.8) is 0 Å². The first-order valence-corrected chi connectivity index (χ1v) is 6.31. The summed E-state index contributed by atoms with van der Waals surface area (Å²) in [5.41, 5.74) is 0. The lowest BCUT2D eigenvalue weighted by atomic mass is 10.0. The number of rotatable bonds is 4. The molecule has 4 nitrogen and oxygen atoms in total. The Morgan fingerprint density at radius 3 is 2.50 bits per heavy atom. The minimum Gasteiger partial charge on any atom is -0.343 e. The molecule has 0 aromatic carbocycles. The van der Waals surface area contributed by atoms with Crippen LogP contribution in [0.15, 0.2) is 0 Å². The maximum absolute atomic E-state index is 12.2. The van der Waals surface area contributed by atoms with Crippen LogP contribution in [0.3, 0.4) is 0 Å². The topological polar surface area (TPSA) is 49.4 Å². The lowest BCUT2D eigenvalue weighted by molar-refractivity contribution is -0.150. The average molecular weight is 224 g/mol. The molecule has 1 aliphatic carbocycles. The highest BCUT2D eigenvalue weighted by molar-refractivity contribution is 5.97. The average Bonchev–Trinajstić information content (AvgIpc) is 3.06. The molecule has 1 saturated carbocycles. The summed E-state index contributed by atoms with van der Waals surface area (Å²) >= 11 is 0. The highest BCUT2D eigenvalue weighted by atomic mass is 16.2. The first kappa shape index (κ1) is 11.4. The molecule has 2 fully saturated rings. The van der Waals surface area contributed by atoms with Crippen molar-refractivity contribution >= 4 is 11.8 Å². The molecule has 1 aliphatic heterocycles. The second-order valence-corrected chi connectivity index (χ2v) is 4.75. The lowest BCUT2D eigenvalue weighted by Crippen LogP contribution is -2.63. The van der Waals surface area contributed by atoms with Gasteiger partial charge in [0.2, 0.25) is 11.8 Å². The Hall–Kier alpha value is -1.06. The number of carbonyl (C=O) groups is 2. The molecule has 2 unspecified atom stereocenters. The van der Waals surface area contributed by atoms with E-state index in [4.69, 9.17) is 0 Å². The Balaban J connectivity index is 2.15. The van der Waals surface area contributed by atoms with Gasteiger partial charge in [0.1, 0.15) is 12.1 Å². The van der Waals surface area contributed by atoms with Gasteiger partial charge in [0.25, 0.3) is 0 Å².